The maximum absolute atomic E-state index is 13.7. The predicted molar refractivity (Wildman–Crippen MR) is 55.1 cm³/mol. The second kappa shape index (κ2) is 2.93. The van der Waals surface area contributed by atoms with Gasteiger partial charge >= 0.3 is 0 Å². The van der Waals surface area contributed by atoms with Crippen LogP contribution >= 0.6 is 15.9 Å². The number of hydrogen-bond acceptors (Lipinski definition) is 2. The molecule has 0 aliphatic carbocycles. The van der Waals surface area contributed by atoms with Gasteiger partial charge < -0.3 is 0 Å². The van der Waals surface area contributed by atoms with Crippen molar-refractivity contribution in [3.8, 4) is 0 Å². The number of fused-ring (bicyclic) bond motifs is 1. The lowest BCUT2D eigenvalue weighted by molar-refractivity contribution is 0.591. The van der Waals surface area contributed by atoms with E-state index in [1.54, 1.807) is 0 Å². The van der Waals surface area contributed by atoms with Crippen molar-refractivity contribution in [2.75, 3.05) is 11.3 Å². The minimum absolute atomic E-state index is 0.110. The van der Waals surface area contributed by atoms with Crippen molar-refractivity contribution in [3.63, 3.8) is 0 Å². The number of nitrogens with zero attached hydrogens (tertiary/aromatic N) is 1. The van der Waals surface area contributed by atoms with Crippen LogP contribution in [0.4, 0.5) is 10.1 Å². The van der Waals surface area contributed by atoms with Crippen molar-refractivity contribution in [1.82, 2.24) is 0 Å². The Morgan fingerprint density at radius 2 is 2.36 bits per heavy atom. The van der Waals surface area contributed by atoms with Crippen molar-refractivity contribution in [3.05, 3.63) is 28.0 Å². The molecule has 0 bridgehead atoms. The monoisotopic (exact) mass is 282 g/mol. The molecule has 14 heavy (non-hydrogen) atoms. The maximum Gasteiger partial charge on any atom is 0.239 e. The highest BCUT2D eigenvalue weighted by Crippen LogP contribution is 2.36. The number of hydrogen-bond donors (Lipinski definition) is 0. The highest BCUT2D eigenvalue weighted by molar-refractivity contribution is 9.10. The van der Waals surface area contributed by atoms with Gasteiger partial charge in [0.1, 0.15) is 5.82 Å². The van der Waals surface area contributed by atoms with Crippen LogP contribution < -0.4 is 4.31 Å². The number of halogens is 2. The Hall–Kier alpha value is -0.620. The molecular weight excluding hydrogens is 273 g/mol. The third-order valence-corrected chi connectivity index (χ3v) is 4.01. The molecule has 76 valence electrons. The van der Waals surface area contributed by atoms with Crippen LogP contribution in [0.25, 0.3) is 0 Å². The fraction of sp³-hybridized carbons (Fsp3) is 0.250. The molecule has 0 unspecified atom stereocenters. The first-order valence-corrected chi connectivity index (χ1v) is 6.05. The Morgan fingerprint density at radius 3 is 3.00 bits per heavy atom. The van der Waals surface area contributed by atoms with E-state index >= 15 is 0 Å². The van der Waals surface area contributed by atoms with E-state index < -0.39 is 28.6 Å². The van der Waals surface area contributed by atoms with Crippen molar-refractivity contribution >= 4 is 31.6 Å². The van der Waals surface area contributed by atoms with E-state index in [9.17, 15) is 12.8 Å². The highest BCUT2D eigenvalue weighted by atomic mass is 79.9. The summed E-state index contributed by atoms with van der Waals surface area (Å²) in [4.78, 5) is 0. The van der Waals surface area contributed by atoms with Gasteiger partial charge in [-0.3, -0.25) is 4.31 Å². The molecule has 0 aromatic heterocycles. The third-order valence-electron chi connectivity index (χ3n) is 2.00. The van der Waals surface area contributed by atoms with Gasteiger partial charge in [0.2, 0.25) is 10.0 Å². The molecule has 6 heteroatoms. The highest BCUT2D eigenvalue weighted by Gasteiger charge is 2.32. The first-order valence-electron chi connectivity index (χ1n) is 5.14. The molecular formula is C8H7BrFNO2S. The molecule has 1 aromatic carbocycles. The van der Waals surface area contributed by atoms with E-state index in [-0.39, 0.29) is 15.7 Å². The van der Waals surface area contributed by atoms with Crippen LogP contribution in [0.1, 0.15) is 9.68 Å². The summed E-state index contributed by atoms with van der Waals surface area (Å²) in [5, 5.41) is 0. The molecule has 1 aliphatic rings. The Bertz CT molecular complexity index is 587. The molecule has 3 nitrogen and oxygen atoms in total. The van der Waals surface area contributed by atoms with Crippen LogP contribution in [-0.2, 0) is 15.8 Å². The van der Waals surface area contributed by atoms with E-state index in [1.807, 2.05) is 0 Å². The van der Waals surface area contributed by atoms with E-state index in [1.165, 1.54) is 12.1 Å². The lowest BCUT2D eigenvalue weighted by Gasteiger charge is -2.10. The normalized spacial score (nSPS) is 22.4. The van der Waals surface area contributed by atoms with Gasteiger partial charge in [-0.15, -0.1) is 0 Å². The first kappa shape index (κ1) is 6.79. The van der Waals surface area contributed by atoms with Gasteiger partial charge in [-0.05, 0) is 28.1 Å². The van der Waals surface area contributed by atoms with Crippen LogP contribution in [0.5, 0.6) is 0 Å². The minimum Gasteiger partial charge on any atom is -0.273 e. The van der Waals surface area contributed by atoms with E-state index in [0.717, 1.165) is 0 Å². The van der Waals surface area contributed by atoms with Crippen molar-refractivity contribution in [2.45, 2.75) is 5.75 Å². The molecule has 0 radical (unpaired) electrons. The molecule has 0 amide bonds. The fourth-order valence-electron chi connectivity index (χ4n) is 1.31. The molecule has 1 aliphatic heterocycles. The summed E-state index contributed by atoms with van der Waals surface area (Å²) in [6.07, 6.45) is 0. The Kier molecular flexibility index (Phi) is 1.42. The number of benzene rings is 1. The smallest absolute Gasteiger partial charge is 0.239 e. The molecule has 0 fully saturated rings. The summed E-state index contributed by atoms with van der Waals surface area (Å²) < 4.78 is 59.1. The van der Waals surface area contributed by atoms with Crippen molar-refractivity contribution < 1.29 is 16.9 Å². The van der Waals surface area contributed by atoms with Gasteiger partial charge in [0.25, 0.3) is 0 Å². The van der Waals surface area contributed by atoms with Crippen LogP contribution in [0.2, 0.25) is 0 Å². The zero-order valence-electron chi connectivity index (χ0n) is 9.79. The topological polar surface area (TPSA) is 37.4 Å². The maximum atomic E-state index is 13.7. The third kappa shape index (κ3) is 1.25. The average Bonchev–Trinajstić information content (AvgIpc) is 2.42. The molecule has 1 aromatic rings. The van der Waals surface area contributed by atoms with Crippen LogP contribution in [0.3, 0.4) is 0 Å². The Balaban J connectivity index is 2.72. The SMILES string of the molecule is [2H]C([2H])([2H])N1c2ccc(Br)c(F)c2CS1(=O)=O. The lowest BCUT2D eigenvalue weighted by Crippen LogP contribution is -2.20. The largest absolute Gasteiger partial charge is 0.273 e. The quantitative estimate of drug-likeness (QED) is 0.729. The van der Waals surface area contributed by atoms with Crippen molar-refractivity contribution in [2.24, 2.45) is 0 Å². The molecule has 0 saturated heterocycles. The average molecular weight is 283 g/mol. The van der Waals surface area contributed by atoms with E-state index in [2.05, 4.69) is 15.9 Å². The van der Waals surface area contributed by atoms with Crippen LogP contribution in [0, 0.1) is 5.82 Å². The number of anilines is 1. The van der Waals surface area contributed by atoms with Gasteiger partial charge in [-0.1, -0.05) is 0 Å². The summed E-state index contributed by atoms with van der Waals surface area (Å²) >= 11 is 2.93. The van der Waals surface area contributed by atoms with Crippen LogP contribution in [-0.4, -0.2) is 15.4 Å². The van der Waals surface area contributed by atoms with E-state index in [4.69, 9.17) is 4.11 Å². The fourth-order valence-corrected chi connectivity index (χ4v) is 2.92. The predicted octanol–water partition coefficient (Wildman–Crippen LogP) is 1.87. The molecule has 0 N–H and O–H groups in total. The summed E-state index contributed by atoms with van der Waals surface area (Å²) in [6.45, 7) is -2.84. The number of rotatable bonds is 0. The van der Waals surface area contributed by atoms with Gasteiger partial charge in [0.05, 0.1) is 15.9 Å². The van der Waals surface area contributed by atoms with Crippen molar-refractivity contribution in [1.29, 1.82) is 0 Å². The van der Waals surface area contributed by atoms with Gasteiger partial charge in [-0.25, -0.2) is 12.8 Å². The summed E-state index contributed by atoms with van der Waals surface area (Å²) in [5.41, 5.74) is -0.235. The second-order valence-electron chi connectivity index (χ2n) is 2.88. The molecule has 0 atom stereocenters. The summed E-state index contributed by atoms with van der Waals surface area (Å²) in [7, 11) is -4.03. The second-order valence-corrected chi connectivity index (χ2v) is 5.55. The zero-order chi connectivity index (χ0) is 13.0. The standard InChI is InChI=1S/C8H7BrFNO2S/c1-11-7-3-2-6(9)8(10)5(7)4-14(11,12)13/h2-3H,4H2,1H3/i1D3. The van der Waals surface area contributed by atoms with Gasteiger partial charge in [-0.2, -0.15) is 0 Å². The Labute approximate surface area is 93.9 Å². The van der Waals surface area contributed by atoms with Gasteiger partial charge in [0.15, 0.2) is 0 Å². The zero-order valence-corrected chi connectivity index (χ0v) is 9.19. The minimum atomic E-state index is -4.03. The van der Waals surface area contributed by atoms with E-state index in [0.29, 0.717) is 4.31 Å². The number of sulfonamides is 1. The molecule has 2 rings (SSSR count). The first-order chi connectivity index (χ1) is 7.64. The molecule has 1 heterocycles. The summed E-state index contributed by atoms with van der Waals surface area (Å²) in [6, 6.07) is 2.56. The lowest BCUT2D eigenvalue weighted by atomic mass is 10.2. The summed E-state index contributed by atoms with van der Waals surface area (Å²) in [5.74, 6) is -1.37. The van der Waals surface area contributed by atoms with Crippen LogP contribution in [0.15, 0.2) is 16.6 Å². The van der Waals surface area contributed by atoms with Gasteiger partial charge in [0, 0.05) is 16.7 Å². The molecule has 0 saturated carbocycles. The molecule has 0 spiro atoms. The Morgan fingerprint density at radius 1 is 1.64 bits per heavy atom.